The third-order valence-electron chi connectivity index (χ3n) is 2.68. The maximum absolute atomic E-state index is 12.0. The van der Waals surface area contributed by atoms with E-state index in [1.54, 1.807) is 11.3 Å². The van der Waals surface area contributed by atoms with E-state index in [-0.39, 0.29) is 5.91 Å². The molecule has 0 bridgehead atoms. The fourth-order valence-corrected chi connectivity index (χ4v) is 2.38. The number of hydrogen-bond acceptors (Lipinski definition) is 4. The van der Waals surface area contributed by atoms with Crippen molar-refractivity contribution < 1.29 is 4.79 Å². The number of carbonyl (C=O) groups excluding carboxylic acids is 1. The highest BCUT2D eigenvalue weighted by Crippen LogP contribution is 2.10. The lowest BCUT2D eigenvalue weighted by molar-refractivity contribution is 0.0946. The number of thiophene rings is 1. The summed E-state index contributed by atoms with van der Waals surface area (Å²) in [6.45, 7) is 0.519. The molecule has 0 aliphatic heterocycles. The molecule has 3 aromatic rings. The van der Waals surface area contributed by atoms with Gasteiger partial charge in [-0.25, -0.2) is 4.98 Å². The van der Waals surface area contributed by atoms with Gasteiger partial charge in [0.2, 0.25) is 0 Å². The number of para-hydroxylation sites is 2. The van der Waals surface area contributed by atoms with E-state index >= 15 is 0 Å². The van der Waals surface area contributed by atoms with Crippen LogP contribution < -0.4 is 5.32 Å². The molecule has 0 unspecified atom stereocenters. The number of nitrogens with zero attached hydrogens (tertiary/aromatic N) is 2. The van der Waals surface area contributed by atoms with Crippen molar-refractivity contribution in [2.45, 2.75) is 6.54 Å². The van der Waals surface area contributed by atoms with Gasteiger partial charge in [-0.2, -0.15) is 0 Å². The predicted octanol–water partition coefficient (Wildman–Crippen LogP) is 2.62. The number of aromatic nitrogens is 2. The zero-order valence-electron chi connectivity index (χ0n) is 10.0. The maximum Gasteiger partial charge on any atom is 0.271 e. The normalized spacial score (nSPS) is 10.5. The fraction of sp³-hybridized carbons (Fsp3) is 0.0714. The Hall–Kier alpha value is -2.27. The van der Waals surface area contributed by atoms with Gasteiger partial charge in [-0.1, -0.05) is 18.2 Å². The van der Waals surface area contributed by atoms with Crippen LogP contribution in [0.2, 0.25) is 0 Å². The molecule has 2 aromatic heterocycles. The Kier molecular flexibility index (Phi) is 3.20. The molecule has 0 aliphatic rings. The molecule has 0 aliphatic carbocycles. The topological polar surface area (TPSA) is 54.9 Å². The van der Waals surface area contributed by atoms with Crippen molar-refractivity contribution in [2.75, 3.05) is 0 Å². The van der Waals surface area contributed by atoms with Crippen molar-refractivity contribution in [2.24, 2.45) is 0 Å². The van der Waals surface area contributed by atoms with Gasteiger partial charge in [0.1, 0.15) is 5.69 Å². The number of fused-ring (bicyclic) bond motifs is 1. The van der Waals surface area contributed by atoms with Crippen molar-refractivity contribution in [3.63, 3.8) is 0 Å². The van der Waals surface area contributed by atoms with Crippen molar-refractivity contribution >= 4 is 28.3 Å². The molecule has 2 heterocycles. The van der Waals surface area contributed by atoms with E-state index in [0.717, 1.165) is 15.9 Å². The number of nitrogens with one attached hydrogen (secondary N) is 1. The molecule has 0 saturated heterocycles. The first-order chi connectivity index (χ1) is 9.33. The van der Waals surface area contributed by atoms with Crippen LogP contribution in [0.15, 0.2) is 48.0 Å². The van der Waals surface area contributed by atoms with Gasteiger partial charge in [-0.15, -0.1) is 11.3 Å². The van der Waals surface area contributed by atoms with Crippen LogP contribution in [0.25, 0.3) is 11.0 Å². The Morgan fingerprint density at radius 1 is 1.16 bits per heavy atom. The minimum Gasteiger partial charge on any atom is -0.346 e. The van der Waals surface area contributed by atoms with Crippen LogP contribution in [0.5, 0.6) is 0 Å². The Morgan fingerprint density at radius 2 is 2.00 bits per heavy atom. The van der Waals surface area contributed by atoms with Crippen LogP contribution in [0.3, 0.4) is 0 Å². The third kappa shape index (κ3) is 2.61. The number of hydrogen-bond donors (Lipinski definition) is 1. The lowest BCUT2D eigenvalue weighted by atomic mass is 10.3. The molecule has 0 saturated carbocycles. The minimum absolute atomic E-state index is 0.202. The standard InChI is InChI=1S/C14H11N3OS/c18-14(16-8-10-4-3-7-19-10)13-9-15-11-5-1-2-6-12(11)17-13/h1-7,9H,8H2,(H,16,18). The van der Waals surface area contributed by atoms with Gasteiger partial charge < -0.3 is 5.32 Å². The lowest BCUT2D eigenvalue weighted by Gasteiger charge is -2.03. The number of carbonyl (C=O) groups is 1. The summed E-state index contributed by atoms with van der Waals surface area (Å²) in [7, 11) is 0. The van der Waals surface area contributed by atoms with Gasteiger partial charge in [-0.05, 0) is 23.6 Å². The van der Waals surface area contributed by atoms with Crippen LogP contribution >= 0.6 is 11.3 Å². The molecule has 0 atom stereocenters. The average molecular weight is 269 g/mol. The molecular formula is C14H11N3OS. The Labute approximate surface area is 114 Å². The summed E-state index contributed by atoms with van der Waals surface area (Å²) in [6, 6.07) is 11.4. The highest BCUT2D eigenvalue weighted by molar-refractivity contribution is 7.09. The molecule has 0 radical (unpaired) electrons. The summed E-state index contributed by atoms with van der Waals surface area (Å²) >= 11 is 1.61. The van der Waals surface area contributed by atoms with Gasteiger partial charge in [0.15, 0.2) is 0 Å². The summed E-state index contributed by atoms with van der Waals surface area (Å²) in [5, 5.41) is 4.82. The molecule has 0 fully saturated rings. The summed E-state index contributed by atoms with van der Waals surface area (Å²) in [5.41, 5.74) is 1.86. The zero-order valence-corrected chi connectivity index (χ0v) is 10.9. The monoisotopic (exact) mass is 269 g/mol. The number of rotatable bonds is 3. The lowest BCUT2D eigenvalue weighted by Crippen LogP contribution is -2.23. The van der Waals surface area contributed by atoms with E-state index in [4.69, 9.17) is 0 Å². The maximum atomic E-state index is 12.0. The molecule has 1 N–H and O–H groups in total. The Balaban J connectivity index is 1.77. The van der Waals surface area contributed by atoms with Gasteiger partial charge >= 0.3 is 0 Å². The van der Waals surface area contributed by atoms with Crippen LogP contribution in [0, 0.1) is 0 Å². The van der Waals surface area contributed by atoms with Crippen LogP contribution in [0.4, 0.5) is 0 Å². The summed E-state index contributed by atoms with van der Waals surface area (Å²) in [4.78, 5) is 21.6. The first kappa shape index (κ1) is 11.8. The number of benzene rings is 1. The van der Waals surface area contributed by atoms with E-state index < -0.39 is 0 Å². The molecule has 4 nitrogen and oxygen atoms in total. The molecule has 1 amide bonds. The smallest absolute Gasteiger partial charge is 0.271 e. The molecule has 5 heteroatoms. The second kappa shape index (κ2) is 5.16. The van der Waals surface area contributed by atoms with Gasteiger partial charge in [0, 0.05) is 4.88 Å². The fourth-order valence-electron chi connectivity index (χ4n) is 1.74. The minimum atomic E-state index is -0.202. The first-order valence-corrected chi connectivity index (χ1v) is 6.73. The van der Waals surface area contributed by atoms with E-state index in [0.29, 0.717) is 12.2 Å². The molecule has 19 heavy (non-hydrogen) atoms. The SMILES string of the molecule is O=C(NCc1cccs1)c1cnc2ccccc2n1. The van der Waals surface area contributed by atoms with Crippen molar-refractivity contribution in [1.82, 2.24) is 15.3 Å². The van der Waals surface area contributed by atoms with Gasteiger partial charge in [0.05, 0.1) is 23.8 Å². The van der Waals surface area contributed by atoms with E-state index in [2.05, 4.69) is 15.3 Å². The third-order valence-corrected chi connectivity index (χ3v) is 3.56. The molecule has 1 aromatic carbocycles. The summed E-state index contributed by atoms with van der Waals surface area (Å²) in [5.74, 6) is -0.202. The van der Waals surface area contributed by atoms with E-state index in [9.17, 15) is 4.79 Å². The van der Waals surface area contributed by atoms with Gasteiger partial charge in [-0.3, -0.25) is 9.78 Å². The second-order valence-corrected chi connectivity index (χ2v) is 5.04. The highest BCUT2D eigenvalue weighted by Gasteiger charge is 2.08. The molecular weight excluding hydrogens is 258 g/mol. The van der Waals surface area contributed by atoms with Crippen LogP contribution in [-0.2, 0) is 6.54 Å². The van der Waals surface area contributed by atoms with E-state index in [1.807, 2.05) is 41.8 Å². The largest absolute Gasteiger partial charge is 0.346 e. The van der Waals surface area contributed by atoms with Crippen molar-refractivity contribution in [1.29, 1.82) is 0 Å². The van der Waals surface area contributed by atoms with Crippen molar-refractivity contribution in [3.8, 4) is 0 Å². The van der Waals surface area contributed by atoms with Crippen molar-refractivity contribution in [3.05, 3.63) is 58.5 Å². The predicted molar refractivity (Wildman–Crippen MR) is 75.0 cm³/mol. The Morgan fingerprint density at radius 3 is 2.79 bits per heavy atom. The summed E-state index contributed by atoms with van der Waals surface area (Å²) < 4.78 is 0. The number of amides is 1. The molecule has 0 spiro atoms. The molecule has 3 rings (SSSR count). The quantitative estimate of drug-likeness (QED) is 0.795. The highest BCUT2D eigenvalue weighted by atomic mass is 32.1. The van der Waals surface area contributed by atoms with Crippen LogP contribution in [0.1, 0.15) is 15.4 Å². The van der Waals surface area contributed by atoms with E-state index in [1.165, 1.54) is 6.20 Å². The van der Waals surface area contributed by atoms with Gasteiger partial charge in [0.25, 0.3) is 5.91 Å². The van der Waals surface area contributed by atoms with Crippen LogP contribution in [-0.4, -0.2) is 15.9 Å². The Bertz CT molecular complexity index is 710. The average Bonchev–Trinajstić information content (AvgIpc) is 2.97. The zero-order chi connectivity index (χ0) is 13.1. The second-order valence-electron chi connectivity index (χ2n) is 4.01. The molecule has 94 valence electrons. The summed E-state index contributed by atoms with van der Waals surface area (Å²) in [6.07, 6.45) is 1.51. The first-order valence-electron chi connectivity index (χ1n) is 5.85.